The monoisotopic (exact) mass is 183 g/mol. The molecule has 0 spiro atoms. The van der Waals surface area contributed by atoms with Crippen LogP contribution in [0, 0.1) is 11.8 Å². The van der Waals surface area contributed by atoms with Gasteiger partial charge in [-0.15, -0.1) is 0 Å². The van der Waals surface area contributed by atoms with Crippen LogP contribution in [0.3, 0.4) is 0 Å². The summed E-state index contributed by atoms with van der Waals surface area (Å²) in [5.74, 6) is 1.34. The smallest absolute Gasteiger partial charge is 0.231 e. The Balaban J connectivity index is 1.86. The summed E-state index contributed by atoms with van der Waals surface area (Å²) in [6.45, 7) is 4.91. The van der Waals surface area contributed by atoms with E-state index < -0.39 is 0 Å². The van der Waals surface area contributed by atoms with E-state index >= 15 is 0 Å². The number of hydrogen-bond acceptors (Lipinski definition) is 3. The molecule has 0 radical (unpaired) electrons. The molecule has 2 N–H and O–H groups in total. The zero-order chi connectivity index (χ0) is 9.42. The van der Waals surface area contributed by atoms with Crippen molar-refractivity contribution in [2.24, 2.45) is 17.6 Å². The maximum atomic E-state index is 10.7. The van der Waals surface area contributed by atoms with Gasteiger partial charge >= 0.3 is 0 Å². The molecule has 1 amide bonds. The number of fused-ring (bicyclic) bond motifs is 1. The second-order valence-corrected chi connectivity index (χ2v) is 4.40. The van der Waals surface area contributed by atoms with E-state index in [4.69, 9.17) is 5.73 Å². The van der Waals surface area contributed by atoms with Crippen molar-refractivity contribution in [1.29, 1.82) is 0 Å². The minimum absolute atomic E-state index is 0.201. The lowest BCUT2D eigenvalue weighted by atomic mass is 10.0. The highest BCUT2D eigenvalue weighted by molar-refractivity contribution is 5.75. The predicted octanol–water partition coefficient (Wildman–Crippen LogP) is -1.03. The lowest BCUT2D eigenvalue weighted by Gasteiger charge is -2.16. The molecule has 0 aliphatic carbocycles. The van der Waals surface area contributed by atoms with Crippen LogP contribution in [-0.4, -0.2) is 55.5 Å². The Labute approximate surface area is 78.7 Å². The van der Waals surface area contributed by atoms with Crippen LogP contribution in [0.5, 0.6) is 0 Å². The predicted molar refractivity (Wildman–Crippen MR) is 50.1 cm³/mol. The summed E-state index contributed by atoms with van der Waals surface area (Å²) in [5, 5.41) is 0. The highest BCUT2D eigenvalue weighted by atomic mass is 16.1. The second kappa shape index (κ2) is 3.27. The lowest BCUT2D eigenvalue weighted by molar-refractivity contribution is -0.119. The number of nitrogens with two attached hydrogens (primary N) is 1. The fourth-order valence-electron chi connectivity index (χ4n) is 2.67. The molecule has 2 heterocycles. The van der Waals surface area contributed by atoms with Gasteiger partial charge in [0.05, 0.1) is 6.54 Å². The minimum Gasteiger partial charge on any atom is -0.369 e. The third-order valence-corrected chi connectivity index (χ3v) is 3.12. The van der Waals surface area contributed by atoms with Crippen molar-refractivity contribution < 1.29 is 4.79 Å². The molecule has 4 nitrogen and oxygen atoms in total. The Kier molecular flexibility index (Phi) is 2.26. The summed E-state index contributed by atoms with van der Waals surface area (Å²) >= 11 is 0. The number of carbonyl (C=O) groups excluding carboxylic acids is 1. The molecule has 2 atom stereocenters. The summed E-state index contributed by atoms with van der Waals surface area (Å²) in [4.78, 5) is 15.3. The standard InChI is InChI=1S/C9H17N3O/c1-11-2-7-4-12(6-9(10)13)5-8(7)3-11/h7-8H,2-6H2,1H3,(H2,10,13). The molecule has 2 unspecified atom stereocenters. The maximum Gasteiger partial charge on any atom is 0.231 e. The van der Waals surface area contributed by atoms with E-state index in [2.05, 4.69) is 16.8 Å². The molecule has 2 saturated heterocycles. The van der Waals surface area contributed by atoms with Gasteiger partial charge in [0.25, 0.3) is 0 Å². The van der Waals surface area contributed by atoms with Crippen LogP contribution in [0.1, 0.15) is 0 Å². The van der Waals surface area contributed by atoms with Gasteiger partial charge in [-0.1, -0.05) is 0 Å². The van der Waals surface area contributed by atoms with Gasteiger partial charge in [-0.25, -0.2) is 0 Å². The molecule has 74 valence electrons. The van der Waals surface area contributed by atoms with Crippen molar-refractivity contribution in [3.05, 3.63) is 0 Å². The van der Waals surface area contributed by atoms with Crippen molar-refractivity contribution in [1.82, 2.24) is 9.80 Å². The molecule has 4 heteroatoms. The summed E-state index contributed by atoms with van der Waals surface area (Å²) in [6, 6.07) is 0. The van der Waals surface area contributed by atoms with Crippen molar-refractivity contribution in [2.75, 3.05) is 39.8 Å². The van der Waals surface area contributed by atoms with Gasteiger partial charge in [0.1, 0.15) is 0 Å². The molecular weight excluding hydrogens is 166 g/mol. The van der Waals surface area contributed by atoms with Crippen LogP contribution in [0.4, 0.5) is 0 Å². The fraction of sp³-hybridized carbons (Fsp3) is 0.889. The molecule has 13 heavy (non-hydrogen) atoms. The third-order valence-electron chi connectivity index (χ3n) is 3.12. The van der Waals surface area contributed by atoms with Crippen molar-refractivity contribution in [3.8, 4) is 0 Å². The highest BCUT2D eigenvalue weighted by Crippen LogP contribution is 2.29. The number of likely N-dealkylation sites (tertiary alicyclic amines) is 2. The van der Waals surface area contributed by atoms with Gasteiger partial charge in [0, 0.05) is 26.2 Å². The average molecular weight is 183 g/mol. The highest BCUT2D eigenvalue weighted by Gasteiger charge is 2.38. The summed E-state index contributed by atoms with van der Waals surface area (Å²) < 4.78 is 0. The molecule has 0 bridgehead atoms. The average Bonchev–Trinajstić information content (AvgIpc) is 2.41. The van der Waals surface area contributed by atoms with Gasteiger partial charge in [0.2, 0.25) is 5.91 Å². The quantitative estimate of drug-likeness (QED) is 0.595. The lowest BCUT2D eigenvalue weighted by Crippen LogP contribution is -2.34. The topological polar surface area (TPSA) is 49.6 Å². The van der Waals surface area contributed by atoms with Crippen molar-refractivity contribution >= 4 is 5.91 Å². The van der Waals surface area contributed by atoms with Crippen LogP contribution < -0.4 is 5.73 Å². The van der Waals surface area contributed by atoms with Crippen molar-refractivity contribution in [2.45, 2.75) is 0 Å². The SMILES string of the molecule is CN1CC2CN(CC(N)=O)CC2C1. The Bertz CT molecular complexity index is 205. The molecule has 2 aliphatic heterocycles. The van der Waals surface area contributed by atoms with Gasteiger partial charge < -0.3 is 10.6 Å². The zero-order valence-corrected chi connectivity index (χ0v) is 8.07. The molecule has 2 aliphatic rings. The van der Waals surface area contributed by atoms with Crippen LogP contribution in [0.15, 0.2) is 0 Å². The molecule has 0 aromatic heterocycles. The molecule has 2 fully saturated rings. The van der Waals surface area contributed by atoms with Gasteiger partial charge in [-0.3, -0.25) is 9.69 Å². The van der Waals surface area contributed by atoms with Gasteiger partial charge in [0.15, 0.2) is 0 Å². The first-order chi connectivity index (χ1) is 6.15. The summed E-state index contributed by atoms with van der Waals surface area (Å²) in [6.07, 6.45) is 0. The Morgan fingerprint density at radius 2 is 1.85 bits per heavy atom. The number of hydrogen-bond donors (Lipinski definition) is 1. The van der Waals surface area contributed by atoms with E-state index in [1.165, 1.54) is 13.1 Å². The van der Waals surface area contributed by atoms with E-state index in [1.54, 1.807) is 0 Å². The first kappa shape index (κ1) is 8.97. The molecular formula is C9H17N3O. The second-order valence-electron chi connectivity index (χ2n) is 4.40. The normalized spacial score (nSPS) is 35.2. The summed E-state index contributed by atoms with van der Waals surface area (Å²) in [7, 11) is 2.16. The Hall–Kier alpha value is -0.610. The molecule has 2 rings (SSSR count). The maximum absolute atomic E-state index is 10.7. The number of rotatable bonds is 2. The van der Waals surface area contributed by atoms with Gasteiger partial charge in [-0.2, -0.15) is 0 Å². The number of amides is 1. The fourth-order valence-corrected chi connectivity index (χ4v) is 2.67. The minimum atomic E-state index is -0.201. The van der Waals surface area contributed by atoms with E-state index in [1.807, 2.05) is 0 Å². The number of primary amides is 1. The Morgan fingerprint density at radius 1 is 1.31 bits per heavy atom. The molecule has 0 aromatic rings. The molecule has 0 saturated carbocycles. The number of carbonyl (C=O) groups is 1. The van der Waals surface area contributed by atoms with Crippen molar-refractivity contribution in [3.63, 3.8) is 0 Å². The van der Waals surface area contributed by atoms with E-state index in [0.29, 0.717) is 6.54 Å². The van der Waals surface area contributed by atoms with Crippen LogP contribution in [-0.2, 0) is 4.79 Å². The first-order valence-electron chi connectivity index (χ1n) is 4.84. The van der Waals surface area contributed by atoms with Crippen LogP contribution in [0.2, 0.25) is 0 Å². The van der Waals surface area contributed by atoms with E-state index in [-0.39, 0.29) is 5.91 Å². The Morgan fingerprint density at radius 3 is 2.31 bits per heavy atom. The largest absolute Gasteiger partial charge is 0.369 e. The van der Waals surface area contributed by atoms with E-state index in [0.717, 1.165) is 24.9 Å². The zero-order valence-electron chi connectivity index (χ0n) is 8.07. The van der Waals surface area contributed by atoms with Gasteiger partial charge in [-0.05, 0) is 18.9 Å². The number of nitrogens with zero attached hydrogens (tertiary/aromatic N) is 2. The van der Waals surface area contributed by atoms with Crippen LogP contribution >= 0.6 is 0 Å². The van der Waals surface area contributed by atoms with Crippen LogP contribution in [0.25, 0.3) is 0 Å². The van der Waals surface area contributed by atoms with E-state index in [9.17, 15) is 4.79 Å². The third kappa shape index (κ3) is 1.84. The first-order valence-corrected chi connectivity index (χ1v) is 4.84. The summed E-state index contributed by atoms with van der Waals surface area (Å²) in [5.41, 5.74) is 5.16. The molecule has 0 aromatic carbocycles.